The number of aliphatic hydroxyl groups is 1. The number of nitrogens with zero attached hydrogens (tertiary/aromatic N) is 7. The molecule has 0 aliphatic carbocycles. The zero-order valence-corrected chi connectivity index (χ0v) is 63.4. The Morgan fingerprint density at radius 3 is 1.52 bits per heavy atom. The van der Waals surface area contributed by atoms with E-state index in [0.29, 0.717) is 32.5 Å². The van der Waals surface area contributed by atoms with E-state index in [4.69, 9.17) is 9.47 Å². The molecule has 2 heterocycles. The standard InChI is InChI=1S/C70H129N13O14/c1-24-51-67(92)77(18)49(15)66(91)82(23)58(50(16)97-35-29-28-32-83-33-36-96-37-34-83)64(89)75-55(44(8)9)70(95)78(19)52(38-41(2)3)61(86)72-47(13)60(85)73-48(14)65(90)79(20)53(39-42(4)5)68(93)80(21)54(40-43(6)7)69(94)81(22)57(45(10)11)63(88)76-56(62(87)74-51)59(84)46(12)30-26-25-27-31-71-17/h41-59,71,84H,24-40H2,1-23H3,(H,72,86)(H,73,85)(H,74,87)(H,75,89)(H,76,88)/t46-,47+,48-,49-,50-,51+,52+,53+,54+,55+,56+,57+,58+,59-/m1/s1. The van der Waals surface area contributed by atoms with Crippen molar-refractivity contribution in [1.29, 1.82) is 0 Å². The average molecular weight is 1380 g/mol. The third kappa shape index (κ3) is 26.2. The summed E-state index contributed by atoms with van der Waals surface area (Å²) in [5, 5.41) is 29.2. The largest absolute Gasteiger partial charge is 0.390 e. The van der Waals surface area contributed by atoms with Gasteiger partial charge in [-0.1, -0.05) is 95.9 Å². The van der Waals surface area contributed by atoms with Crippen LogP contribution in [0.2, 0.25) is 0 Å². The van der Waals surface area contributed by atoms with Gasteiger partial charge in [0.2, 0.25) is 65.0 Å². The van der Waals surface area contributed by atoms with Crippen LogP contribution in [0.15, 0.2) is 0 Å². The molecule has 0 spiro atoms. The molecule has 11 amide bonds. The molecule has 2 fully saturated rings. The summed E-state index contributed by atoms with van der Waals surface area (Å²) in [5.74, 6) is -10.1. The molecule has 27 nitrogen and oxygen atoms in total. The molecule has 2 saturated heterocycles. The minimum absolute atomic E-state index is 0.00594. The minimum Gasteiger partial charge on any atom is -0.390 e. The lowest BCUT2D eigenvalue weighted by Gasteiger charge is -2.40. The van der Waals surface area contributed by atoms with Crippen LogP contribution >= 0.6 is 0 Å². The number of rotatable bonds is 24. The molecular formula is C70H129N13O14. The van der Waals surface area contributed by atoms with Crippen LogP contribution in [0.3, 0.4) is 0 Å². The number of ether oxygens (including phenoxy) is 2. The first-order valence-electron chi connectivity index (χ1n) is 35.7. The molecule has 7 N–H and O–H groups in total. The maximum absolute atomic E-state index is 15.2. The van der Waals surface area contributed by atoms with Gasteiger partial charge in [0, 0.05) is 62.0 Å². The van der Waals surface area contributed by atoms with Crippen molar-refractivity contribution >= 4 is 65.0 Å². The Morgan fingerprint density at radius 2 is 0.990 bits per heavy atom. The maximum atomic E-state index is 15.2. The van der Waals surface area contributed by atoms with E-state index in [9.17, 15) is 38.7 Å². The Labute approximate surface area is 580 Å². The lowest BCUT2D eigenvalue weighted by atomic mass is 9.91. The summed E-state index contributed by atoms with van der Waals surface area (Å²) < 4.78 is 11.9. The van der Waals surface area contributed by atoms with Crippen molar-refractivity contribution in [3.8, 4) is 0 Å². The topological polar surface area (TPSA) is 321 Å². The molecule has 0 saturated carbocycles. The molecule has 2 aliphatic rings. The van der Waals surface area contributed by atoms with Gasteiger partial charge in [0.1, 0.15) is 66.5 Å². The smallest absolute Gasteiger partial charge is 0.246 e. The third-order valence-corrected chi connectivity index (χ3v) is 19.0. The van der Waals surface area contributed by atoms with E-state index in [1.807, 2.05) is 48.6 Å². The Bertz CT molecular complexity index is 2550. The van der Waals surface area contributed by atoms with Gasteiger partial charge in [0.05, 0.1) is 25.4 Å². The number of carbonyl (C=O) groups is 11. The van der Waals surface area contributed by atoms with Crippen LogP contribution in [0.25, 0.3) is 0 Å². The summed E-state index contributed by atoms with van der Waals surface area (Å²) in [6, 6.07) is -14.2. The second-order valence-corrected chi connectivity index (χ2v) is 29.2. The van der Waals surface area contributed by atoms with Crippen LogP contribution in [0.1, 0.15) is 175 Å². The zero-order chi connectivity index (χ0) is 74.0. The molecular weight excluding hydrogens is 1250 g/mol. The predicted octanol–water partition coefficient (Wildman–Crippen LogP) is 2.60. The number of likely N-dealkylation sites (N-methyl/N-ethyl adjacent to an activating group) is 6. The fraction of sp³-hybridized carbons (Fsp3) is 0.843. The van der Waals surface area contributed by atoms with Gasteiger partial charge in [0.15, 0.2) is 0 Å². The maximum Gasteiger partial charge on any atom is 0.246 e. The second kappa shape index (κ2) is 42.2. The van der Waals surface area contributed by atoms with E-state index in [1.165, 1.54) is 87.6 Å². The number of nitrogens with one attached hydrogen (secondary N) is 6. The average Bonchev–Trinajstić information content (AvgIpc) is 0.820. The molecule has 97 heavy (non-hydrogen) atoms. The number of hydrogen-bond acceptors (Lipinski definition) is 16. The van der Waals surface area contributed by atoms with Crippen LogP contribution in [-0.4, -0.2) is 278 Å². The van der Waals surface area contributed by atoms with Gasteiger partial charge < -0.3 is 75.9 Å². The van der Waals surface area contributed by atoms with Crippen LogP contribution in [0, 0.1) is 35.5 Å². The molecule has 2 aliphatic heterocycles. The van der Waals surface area contributed by atoms with E-state index in [1.54, 1.807) is 48.5 Å². The van der Waals surface area contributed by atoms with Crippen LogP contribution in [0.4, 0.5) is 0 Å². The zero-order valence-electron chi connectivity index (χ0n) is 63.4. The SMILES string of the molecule is CC[C@@H]1NC(=O)[C@H]([C@H](O)[C@H](C)CCCCCNC)NC(=O)[C@H](C(C)C)N(C)C(=O)[C@H](CC(C)C)N(C)C(=O)[C@H](CC(C)C)N(C)C(=O)[C@@H](C)NC(=O)[C@H](C)NC(=O)[C@H](CC(C)C)N(C)C(=O)[C@H](C(C)C)NC(=O)[C@H]([C@@H](C)OCCCCN2CCOCC2)N(C)C(=O)[C@@H](C)N(C)C1=O. The summed E-state index contributed by atoms with van der Waals surface area (Å²) in [4.78, 5) is 173. The van der Waals surface area contributed by atoms with E-state index in [2.05, 4.69) is 36.8 Å². The number of unbranched alkanes of at least 4 members (excludes halogenated alkanes) is 3. The van der Waals surface area contributed by atoms with Crippen molar-refractivity contribution in [3.63, 3.8) is 0 Å². The Kier molecular flexibility index (Phi) is 37.8. The van der Waals surface area contributed by atoms with E-state index in [0.717, 1.165) is 50.3 Å². The highest BCUT2D eigenvalue weighted by Gasteiger charge is 2.45. The summed E-state index contributed by atoms with van der Waals surface area (Å²) in [6.07, 6.45) is 2.13. The quantitative estimate of drug-likeness (QED) is 0.0683. The van der Waals surface area contributed by atoms with Gasteiger partial charge >= 0.3 is 0 Å². The van der Waals surface area contributed by atoms with Gasteiger partial charge in [-0.3, -0.25) is 57.6 Å². The van der Waals surface area contributed by atoms with Crippen molar-refractivity contribution in [1.82, 2.24) is 66.2 Å². The summed E-state index contributed by atoms with van der Waals surface area (Å²) in [7, 11) is 10.4. The fourth-order valence-corrected chi connectivity index (χ4v) is 12.6. The van der Waals surface area contributed by atoms with Gasteiger partial charge in [-0.05, 0) is 135 Å². The highest BCUT2D eigenvalue weighted by atomic mass is 16.5. The molecule has 0 bridgehead atoms. The Morgan fingerprint density at radius 1 is 0.495 bits per heavy atom. The number of morpholine rings is 1. The van der Waals surface area contributed by atoms with Gasteiger partial charge in [0.25, 0.3) is 0 Å². The lowest BCUT2D eigenvalue weighted by Crippen LogP contribution is -2.64. The molecule has 0 aromatic heterocycles. The fourth-order valence-electron chi connectivity index (χ4n) is 12.6. The first-order valence-corrected chi connectivity index (χ1v) is 35.7. The molecule has 0 aromatic carbocycles. The second-order valence-electron chi connectivity index (χ2n) is 29.2. The van der Waals surface area contributed by atoms with Crippen LogP contribution in [-0.2, 0) is 62.2 Å². The van der Waals surface area contributed by atoms with Gasteiger partial charge in [-0.15, -0.1) is 0 Å². The molecule has 0 radical (unpaired) electrons. The molecule has 558 valence electrons. The van der Waals surface area contributed by atoms with E-state index < -0.39 is 161 Å². The summed E-state index contributed by atoms with van der Waals surface area (Å²) in [5.41, 5.74) is 0. The van der Waals surface area contributed by atoms with Gasteiger partial charge in [-0.25, -0.2) is 0 Å². The monoisotopic (exact) mass is 1380 g/mol. The summed E-state index contributed by atoms with van der Waals surface area (Å²) in [6.45, 7) is 32.2. The van der Waals surface area contributed by atoms with Crippen molar-refractivity contribution < 1.29 is 67.3 Å². The van der Waals surface area contributed by atoms with Crippen molar-refractivity contribution in [2.75, 3.05) is 95.3 Å². The normalized spacial score (nSPS) is 27.1. The number of hydrogen-bond donors (Lipinski definition) is 7. The first kappa shape index (κ1) is 87.1. The van der Waals surface area contributed by atoms with E-state index >= 15 is 19.2 Å². The summed E-state index contributed by atoms with van der Waals surface area (Å²) >= 11 is 0. The molecule has 14 atom stereocenters. The molecule has 2 rings (SSSR count). The molecule has 0 aromatic rings. The van der Waals surface area contributed by atoms with Crippen LogP contribution in [0.5, 0.6) is 0 Å². The third-order valence-electron chi connectivity index (χ3n) is 19.0. The van der Waals surface area contributed by atoms with Gasteiger partial charge in [-0.2, -0.15) is 0 Å². The number of carbonyl (C=O) groups excluding carboxylic acids is 11. The van der Waals surface area contributed by atoms with Crippen LogP contribution < -0.4 is 31.9 Å². The van der Waals surface area contributed by atoms with Crippen molar-refractivity contribution in [2.45, 2.75) is 254 Å². The van der Waals surface area contributed by atoms with E-state index in [-0.39, 0.29) is 50.0 Å². The lowest BCUT2D eigenvalue weighted by molar-refractivity contribution is -0.154. The number of amides is 11. The molecule has 27 heteroatoms. The first-order chi connectivity index (χ1) is 45.3. The van der Waals surface area contributed by atoms with Crippen molar-refractivity contribution in [2.24, 2.45) is 35.5 Å². The highest BCUT2D eigenvalue weighted by molar-refractivity contribution is 6.00. The minimum atomic E-state index is -1.67. The predicted molar refractivity (Wildman–Crippen MR) is 374 cm³/mol. The number of aliphatic hydroxyl groups excluding tert-OH is 1. The van der Waals surface area contributed by atoms with Crippen molar-refractivity contribution in [3.05, 3.63) is 0 Å². The Balaban J connectivity index is 2.98. The molecule has 0 unspecified atom stereocenters. The highest BCUT2D eigenvalue weighted by Crippen LogP contribution is 2.25. The Hall–Kier alpha value is -6.03.